The molecule has 0 aliphatic carbocycles. The zero-order chi connectivity index (χ0) is 16.1. The number of nitrogens with zero attached hydrogens (tertiary/aromatic N) is 4. The number of nitrogens with one attached hydrogen (secondary N) is 3. The van der Waals surface area contributed by atoms with Crippen LogP contribution in [-0.4, -0.2) is 54.7 Å². The lowest BCUT2D eigenvalue weighted by Gasteiger charge is -2.29. The third kappa shape index (κ3) is 3.59. The zero-order valence-corrected chi connectivity index (χ0v) is 13.0. The van der Waals surface area contributed by atoms with Crippen molar-refractivity contribution in [1.29, 1.82) is 5.41 Å². The largest absolute Gasteiger partial charge is 0.495 e. The molecule has 3 heterocycles. The standard InChI is InChI=1S/C15H21N7O/c1-2-3-8-23-11-12-10-18-13-9-14(19-15(16)22(13)20-12)21-6-4-17-5-7-21/h2-3,8-9,16-18H,1,4-7,10-11H2/b8-3-,16-15?. The van der Waals surface area contributed by atoms with Crippen LogP contribution in [0.3, 0.4) is 0 Å². The first-order valence-corrected chi connectivity index (χ1v) is 7.62. The van der Waals surface area contributed by atoms with Gasteiger partial charge in [0, 0.05) is 32.2 Å². The van der Waals surface area contributed by atoms with Gasteiger partial charge >= 0.3 is 0 Å². The van der Waals surface area contributed by atoms with Crippen molar-refractivity contribution in [2.75, 3.05) is 49.5 Å². The van der Waals surface area contributed by atoms with E-state index in [2.05, 4.69) is 32.2 Å². The molecular weight excluding hydrogens is 294 g/mol. The van der Waals surface area contributed by atoms with E-state index < -0.39 is 0 Å². The topological polar surface area (TPSA) is 90.6 Å². The average molecular weight is 315 g/mol. The Balaban J connectivity index is 1.78. The monoisotopic (exact) mass is 315 g/mol. The normalized spacial score (nSPS) is 17.4. The van der Waals surface area contributed by atoms with Crippen molar-refractivity contribution in [2.24, 2.45) is 5.10 Å². The Morgan fingerprint density at radius 1 is 1.39 bits per heavy atom. The summed E-state index contributed by atoms with van der Waals surface area (Å²) in [6.07, 6.45) is 4.94. The molecule has 1 aromatic heterocycles. The lowest BCUT2D eigenvalue weighted by atomic mass is 10.3. The fourth-order valence-electron chi connectivity index (χ4n) is 2.47. The van der Waals surface area contributed by atoms with Crippen LogP contribution in [0.15, 0.2) is 36.2 Å². The molecule has 0 spiro atoms. The van der Waals surface area contributed by atoms with E-state index in [0.29, 0.717) is 13.2 Å². The van der Waals surface area contributed by atoms with Crippen molar-refractivity contribution < 1.29 is 4.74 Å². The predicted molar refractivity (Wildman–Crippen MR) is 89.8 cm³/mol. The number of ether oxygens (including phenoxy) is 1. The molecule has 0 amide bonds. The summed E-state index contributed by atoms with van der Waals surface area (Å²) in [6.45, 7) is 8.20. The minimum Gasteiger partial charge on any atom is -0.495 e. The highest BCUT2D eigenvalue weighted by Crippen LogP contribution is 2.17. The van der Waals surface area contributed by atoms with Crippen LogP contribution < -0.4 is 21.2 Å². The van der Waals surface area contributed by atoms with Crippen molar-refractivity contribution in [3.05, 3.63) is 36.7 Å². The Morgan fingerprint density at radius 2 is 2.22 bits per heavy atom. The van der Waals surface area contributed by atoms with Gasteiger partial charge in [0.15, 0.2) is 0 Å². The molecule has 23 heavy (non-hydrogen) atoms. The van der Waals surface area contributed by atoms with E-state index in [9.17, 15) is 0 Å². The van der Waals surface area contributed by atoms with Crippen LogP contribution in [0.5, 0.6) is 0 Å². The summed E-state index contributed by atoms with van der Waals surface area (Å²) in [5, 5.41) is 19.2. The number of hydrogen-bond acceptors (Lipinski definition) is 7. The van der Waals surface area contributed by atoms with E-state index >= 15 is 0 Å². The summed E-state index contributed by atoms with van der Waals surface area (Å²) in [4.78, 5) is 6.55. The minimum atomic E-state index is 0.113. The highest BCUT2D eigenvalue weighted by molar-refractivity contribution is 5.90. The fraction of sp³-hybridized carbons (Fsp3) is 0.400. The van der Waals surface area contributed by atoms with Gasteiger partial charge in [-0.25, -0.2) is 0 Å². The lowest BCUT2D eigenvalue weighted by molar-refractivity contribution is 0.300. The van der Waals surface area contributed by atoms with Gasteiger partial charge in [-0.3, -0.25) is 5.41 Å². The van der Waals surface area contributed by atoms with Gasteiger partial charge in [-0.1, -0.05) is 12.7 Å². The second-order valence-electron chi connectivity index (χ2n) is 5.27. The van der Waals surface area contributed by atoms with Crippen molar-refractivity contribution in [3.8, 4) is 0 Å². The molecular formula is C15H21N7O. The smallest absolute Gasteiger partial charge is 0.246 e. The van der Waals surface area contributed by atoms with Gasteiger partial charge in [-0.15, -0.1) is 0 Å². The summed E-state index contributed by atoms with van der Waals surface area (Å²) in [6, 6.07) is 1.95. The van der Waals surface area contributed by atoms with Crippen LogP contribution in [-0.2, 0) is 4.74 Å². The molecule has 0 atom stereocenters. The van der Waals surface area contributed by atoms with E-state index in [1.807, 2.05) is 6.07 Å². The molecule has 122 valence electrons. The van der Waals surface area contributed by atoms with Crippen LogP contribution in [0.25, 0.3) is 0 Å². The minimum absolute atomic E-state index is 0.113. The fourth-order valence-corrected chi connectivity index (χ4v) is 2.47. The molecule has 0 bridgehead atoms. The number of anilines is 2. The van der Waals surface area contributed by atoms with Crippen LogP contribution >= 0.6 is 0 Å². The van der Waals surface area contributed by atoms with E-state index in [0.717, 1.165) is 43.5 Å². The number of rotatable bonds is 5. The summed E-state index contributed by atoms with van der Waals surface area (Å²) in [7, 11) is 0. The number of fused-ring (bicyclic) bond motifs is 1. The summed E-state index contributed by atoms with van der Waals surface area (Å²) >= 11 is 0. The zero-order valence-electron chi connectivity index (χ0n) is 13.0. The summed E-state index contributed by atoms with van der Waals surface area (Å²) < 4.78 is 6.86. The van der Waals surface area contributed by atoms with E-state index in [4.69, 9.17) is 10.1 Å². The van der Waals surface area contributed by atoms with Crippen LogP contribution in [0.1, 0.15) is 0 Å². The van der Waals surface area contributed by atoms with Gasteiger partial charge in [0.05, 0.1) is 18.5 Å². The Labute approximate surface area is 134 Å². The molecule has 3 rings (SSSR count). The molecule has 3 N–H and O–H groups in total. The van der Waals surface area contributed by atoms with Gasteiger partial charge in [0.2, 0.25) is 5.62 Å². The Kier molecular flexibility index (Phi) is 4.72. The van der Waals surface area contributed by atoms with Crippen molar-refractivity contribution >= 4 is 17.3 Å². The summed E-state index contributed by atoms with van der Waals surface area (Å²) in [5.41, 5.74) is 0.920. The summed E-state index contributed by atoms with van der Waals surface area (Å²) in [5.74, 6) is 1.60. The number of allylic oxidation sites excluding steroid dienone is 2. The highest BCUT2D eigenvalue weighted by atomic mass is 16.5. The molecule has 0 unspecified atom stereocenters. The molecule has 1 fully saturated rings. The Hall–Kier alpha value is -2.61. The number of aromatic nitrogens is 2. The third-order valence-electron chi connectivity index (χ3n) is 3.63. The number of hydrogen-bond donors (Lipinski definition) is 3. The Morgan fingerprint density at radius 3 is 3.00 bits per heavy atom. The molecule has 8 heteroatoms. The first kappa shape index (κ1) is 15.3. The second kappa shape index (κ2) is 7.10. The lowest BCUT2D eigenvalue weighted by Crippen LogP contribution is -2.45. The van der Waals surface area contributed by atoms with Crippen LogP contribution in [0, 0.1) is 5.41 Å². The van der Waals surface area contributed by atoms with Crippen LogP contribution in [0.2, 0.25) is 0 Å². The van der Waals surface area contributed by atoms with Gasteiger partial charge in [0.25, 0.3) is 0 Å². The van der Waals surface area contributed by atoms with E-state index in [1.54, 1.807) is 18.4 Å². The molecule has 1 saturated heterocycles. The quantitative estimate of drug-likeness (QED) is 0.530. The first-order chi connectivity index (χ1) is 11.3. The SMILES string of the molecule is C=C/C=C\OCC1=Nn2c(cc(N3CCNCC3)nc2=N)NC1. The molecule has 0 aromatic carbocycles. The molecule has 2 aliphatic heterocycles. The first-order valence-electron chi connectivity index (χ1n) is 7.62. The average Bonchev–Trinajstić information content (AvgIpc) is 2.60. The third-order valence-corrected chi connectivity index (χ3v) is 3.63. The maximum atomic E-state index is 8.14. The maximum Gasteiger partial charge on any atom is 0.246 e. The molecule has 8 nitrogen and oxygen atoms in total. The van der Waals surface area contributed by atoms with E-state index in [-0.39, 0.29) is 5.62 Å². The molecule has 2 aliphatic rings. The van der Waals surface area contributed by atoms with Gasteiger partial charge in [-0.05, 0) is 6.08 Å². The molecule has 0 saturated carbocycles. The van der Waals surface area contributed by atoms with Crippen molar-refractivity contribution in [3.63, 3.8) is 0 Å². The van der Waals surface area contributed by atoms with Gasteiger partial charge < -0.3 is 20.3 Å². The molecule has 0 radical (unpaired) electrons. The van der Waals surface area contributed by atoms with E-state index in [1.165, 1.54) is 4.68 Å². The van der Waals surface area contributed by atoms with Crippen molar-refractivity contribution in [1.82, 2.24) is 15.0 Å². The van der Waals surface area contributed by atoms with Gasteiger partial charge in [-0.2, -0.15) is 14.8 Å². The van der Waals surface area contributed by atoms with Crippen LogP contribution in [0.4, 0.5) is 11.6 Å². The second-order valence-corrected chi connectivity index (χ2v) is 5.27. The Bertz CT molecular complexity index is 686. The predicted octanol–water partition coefficient (Wildman–Crippen LogP) is 0.118. The highest BCUT2D eigenvalue weighted by Gasteiger charge is 2.17. The van der Waals surface area contributed by atoms with Gasteiger partial charge in [0.1, 0.15) is 18.2 Å². The maximum absolute atomic E-state index is 8.14. The number of piperazine rings is 1. The van der Waals surface area contributed by atoms with Crippen molar-refractivity contribution in [2.45, 2.75) is 0 Å². The molecule has 1 aromatic rings.